The van der Waals surface area contributed by atoms with E-state index in [1.54, 1.807) is 6.92 Å². The van der Waals surface area contributed by atoms with Crippen LogP contribution in [0.5, 0.6) is 0 Å². The molecule has 0 aliphatic carbocycles. The smallest absolute Gasteiger partial charge is 0.319 e. The van der Waals surface area contributed by atoms with Crippen molar-refractivity contribution < 1.29 is 19.1 Å². The van der Waals surface area contributed by atoms with E-state index in [0.29, 0.717) is 19.4 Å². The Morgan fingerprint density at radius 1 is 1.56 bits per heavy atom. The molecule has 1 atom stereocenters. The van der Waals surface area contributed by atoms with Crippen molar-refractivity contribution in [2.24, 2.45) is 5.92 Å². The summed E-state index contributed by atoms with van der Waals surface area (Å²) in [4.78, 5) is 23.5. The number of ether oxygens (including phenoxy) is 2. The Bertz CT molecular complexity index is 296. The quantitative estimate of drug-likeness (QED) is 0.526. The van der Waals surface area contributed by atoms with Gasteiger partial charge in [0.1, 0.15) is 12.5 Å². The van der Waals surface area contributed by atoms with Crippen LogP contribution in [0.1, 0.15) is 19.8 Å². The third kappa shape index (κ3) is 1.85. The van der Waals surface area contributed by atoms with Gasteiger partial charge in [-0.05, 0) is 32.9 Å². The molecular formula is C11H17NO4. The molecule has 2 rings (SSSR count). The molecule has 2 aliphatic heterocycles. The van der Waals surface area contributed by atoms with Gasteiger partial charge in [-0.15, -0.1) is 0 Å². The molecule has 0 aromatic carbocycles. The van der Waals surface area contributed by atoms with Crippen LogP contribution in [0.4, 0.5) is 0 Å². The molecule has 90 valence electrons. The lowest BCUT2D eigenvalue weighted by atomic mass is 9.79. The first-order valence-electron chi connectivity index (χ1n) is 5.73. The number of esters is 1. The van der Waals surface area contributed by atoms with Gasteiger partial charge in [-0.25, -0.2) is 0 Å². The Balaban J connectivity index is 2.17. The normalized spacial score (nSPS) is 28.3. The van der Waals surface area contributed by atoms with Gasteiger partial charge in [-0.3, -0.25) is 9.59 Å². The molecule has 1 N–H and O–H groups in total. The predicted molar refractivity (Wildman–Crippen MR) is 55.9 cm³/mol. The monoisotopic (exact) mass is 227 g/mol. The highest BCUT2D eigenvalue weighted by Gasteiger charge is 2.54. The molecule has 5 heteroatoms. The fourth-order valence-electron chi connectivity index (χ4n) is 2.53. The maximum atomic E-state index is 11.8. The maximum Gasteiger partial charge on any atom is 0.319 e. The summed E-state index contributed by atoms with van der Waals surface area (Å²) in [6.07, 6.45) is 1.39. The van der Waals surface area contributed by atoms with Crippen molar-refractivity contribution in [2.45, 2.75) is 25.4 Å². The molecule has 1 unspecified atom stereocenters. The fourth-order valence-corrected chi connectivity index (χ4v) is 2.53. The third-order valence-electron chi connectivity index (χ3n) is 3.32. The van der Waals surface area contributed by atoms with E-state index in [1.165, 1.54) is 0 Å². The lowest BCUT2D eigenvalue weighted by Crippen LogP contribution is -2.49. The SMILES string of the molecule is CCOC(=O)C1C(=O)COC12CCNCC2. The van der Waals surface area contributed by atoms with Crippen molar-refractivity contribution in [2.75, 3.05) is 26.3 Å². The number of nitrogens with one attached hydrogen (secondary N) is 1. The Morgan fingerprint density at radius 2 is 2.25 bits per heavy atom. The minimum atomic E-state index is -0.713. The number of carbonyl (C=O) groups excluding carboxylic acids is 2. The van der Waals surface area contributed by atoms with Gasteiger partial charge in [-0.1, -0.05) is 0 Å². The highest BCUT2D eigenvalue weighted by Crippen LogP contribution is 2.38. The molecule has 2 aliphatic rings. The third-order valence-corrected chi connectivity index (χ3v) is 3.32. The van der Waals surface area contributed by atoms with Gasteiger partial charge >= 0.3 is 5.97 Å². The van der Waals surface area contributed by atoms with Crippen molar-refractivity contribution in [3.63, 3.8) is 0 Å². The van der Waals surface area contributed by atoms with E-state index in [1.807, 2.05) is 0 Å². The average molecular weight is 227 g/mol. The summed E-state index contributed by atoms with van der Waals surface area (Å²) in [7, 11) is 0. The summed E-state index contributed by atoms with van der Waals surface area (Å²) >= 11 is 0. The molecule has 0 saturated carbocycles. The number of hydrogen-bond acceptors (Lipinski definition) is 5. The molecule has 0 amide bonds. The summed E-state index contributed by atoms with van der Waals surface area (Å²) < 4.78 is 10.5. The molecule has 1 spiro atoms. The first-order valence-corrected chi connectivity index (χ1v) is 5.73. The van der Waals surface area contributed by atoms with E-state index in [9.17, 15) is 9.59 Å². The van der Waals surface area contributed by atoms with Crippen molar-refractivity contribution in [1.82, 2.24) is 5.32 Å². The van der Waals surface area contributed by atoms with Crippen LogP contribution in [-0.4, -0.2) is 43.7 Å². The van der Waals surface area contributed by atoms with Crippen LogP contribution in [-0.2, 0) is 19.1 Å². The standard InChI is InChI=1S/C11H17NO4/c1-2-15-10(14)9-8(13)7-16-11(9)3-5-12-6-4-11/h9,12H,2-7H2,1H3. The van der Waals surface area contributed by atoms with E-state index in [0.717, 1.165) is 13.1 Å². The van der Waals surface area contributed by atoms with Crippen molar-refractivity contribution in [3.8, 4) is 0 Å². The Hall–Kier alpha value is -0.940. The van der Waals surface area contributed by atoms with Crippen molar-refractivity contribution in [3.05, 3.63) is 0 Å². The molecule has 0 aromatic heterocycles. The highest BCUT2D eigenvalue weighted by molar-refractivity contribution is 6.02. The molecule has 0 bridgehead atoms. The van der Waals surface area contributed by atoms with Gasteiger partial charge in [0, 0.05) is 0 Å². The zero-order chi connectivity index (χ0) is 11.6. The van der Waals surface area contributed by atoms with Gasteiger partial charge in [0.05, 0.1) is 12.2 Å². The van der Waals surface area contributed by atoms with Crippen LogP contribution in [0, 0.1) is 5.92 Å². The number of hydrogen-bond donors (Lipinski definition) is 1. The van der Waals surface area contributed by atoms with Crippen molar-refractivity contribution in [1.29, 1.82) is 0 Å². The van der Waals surface area contributed by atoms with Gasteiger partial charge in [0.25, 0.3) is 0 Å². The van der Waals surface area contributed by atoms with Crippen LogP contribution in [0.25, 0.3) is 0 Å². The Kier molecular flexibility index (Phi) is 3.25. The minimum Gasteiger partial charge on any atom is -0.465 e. The zero-order valence-electron chi connectivity index (χ0n) is 9.45. The fraction of sp³-hybridized carbons (Fsp3) is 0.818. The van der Waals surface area contributed by atoms with Gasteiger partial charge in [0.2, 0.25) is 0 Å². The number of rotatable bonds is 2. The highest BCUT2D eigenvalue weighted by atomic mass is 16.5. The number of ketones is 1. The number of carbonyl (C=O) groups is 2. The largest absolute Gasteiger partial charge is 0.465 e. The second-order valence-electron chi connectivity index (χ2n) is 4.25. The summed E-state index contributed by atoms with van der Waals surface area (Å²) in [5.41, 5.74) is -0.603. The van der Waals surface area contributed by atoms with Crippen LogP contribution in [0.3, 0.4) is 0 Å². The molecule has 0 aromatic rings. The van der Waals surface area contributed by atoms with Crippen LogP contribution >= 0.6 is 0 Å². The summed E-state index contributed by atoms with van der Waals surface area (Å²) in [5, 5.41) is 3.20. The van der Waals surface area contributed by atoms with Crippen LogP contribution < -0.4 is 5.32 Å². The molecule has 16 heavy (non-hydrogen) atoms. The predicted octanol–water partition coefficient (Wildman–Crippen LogP) is -0.113. The molecule has 2 saturated heterocycles. The van der Waals surface area contributed by atoms with Gasteiger partial charge < -0.3 is 14.8 Å². The lowest BCUT2D eigenvalue weighted by molar-refractivity contribution is -0.157. The van der Waals surface area contributed by atoms with E-state index in [-0.39, 0.29) is 12.4 Å². The van der Waals surface area contributed by atoms with E-state index in [2.05, 4.69) is 5.32 Å². The lowest BCUT2D eigenvalue weighted by Gasteiger charge is -2.35. The average Bonchev–Trinajstić information content (AvgIpc) is 2.57. The Morgan fingerprint density at radius 3 is 2.88 bits per heavy atom. The molecule has 0 radical (unpaired) electrons. The zero-order valence-corrected chi connectivity index (χ0v) is 9.45. The second-order valence-corrected chi connectivity index (χ2v) is 4.25. The summed E-state index contributed by atoms with van der Waals surface area (Å²) in [6.45, 7) is 3.65. The Labute approximate surface area is 94.5 Å². The number of piperidine rings is 1. The molecular weight excluding hydrogens is 210 g/mol. The molecule has 2 fully saturated rings. The first-order chi connectivity index (χ1) is 7.69. The van der Waals surface area contributed by atoms with Crippen LogP contribution in [0.15, 0.2) is 0 Å². The minimum absolute atomic E-state index is 0.0451. The second kappa shape index (κ2) is 4.51. The maximum absolute atomic E-state index is 11.8. The van der Waals surface area contributed by atoms with E-state index < -0.39 is 17.5 Å². The first kappa shape index (κ1) is 11.5. The van der Waals surface area contributed by atoms with Gasteiger partial charge in [-0.2, -0.15) is 0 Å². The van der Waals surface area contributed by atoms with E-state index >= 15 is 0 Å². The summed E-state index contributed by atoms with van der Waals surface area (Å²) in [6, 6.07) is 0. The molecule has 2 heterocycles. The van der Waals surface area contributed by atoms with Crippen LogP contribution in [0.2, 0.25) is 0 Å². The topological polar surface area (TPSA) is 64.6 Å². The summed E-state index contributed by atoms with van der Waals surface area (Å²) in [5.74, 6) is -1.28. The van der Waals surface area contributed by atoms with E-state index in [4.69, 9.17) is 9.47 Å². The van der Waals surface area contributed by atoms with Crippen molar-refractivity contribution >= 4 is 11.8 Å². The number of Topliss-reactive ketones (excluding diaryl/α,β-unsaturated/α-hetero) is 1. The molecule has 5 nitrogen and oxygen atoms in total. The van der Waals surface area contributed by atoms with Gasteiger partial charge in [0.15, 0.2) is 5.78 Å².